The van der Waals surface area contributed by atoms with E-state index in [2.05, 4.69) is 0 Å². The Kier molecular flexibility index (Phi) is 5.43. The summed E-state index contributed by atoms with van der Waals surface area (Å²) in [5.74, 6) is 0.420. The number of hydrogen-bond donors (Lipinski definition) is 0. The SMILES string of the molecule is O=C([C@@H]1CN(C(=O)CN2C(=O)COc3ccccc32)c2ccccc2O1)N1CCCCC1. The molecule has 3 aliphatic rings. The second kappa shape index (κ2) is 8.53. The van der Waals surface area contributed by atoms with Crippen LogP contribution in [0, 0.1) is 0 Å². The van der Waals surface area contributed by atoms with Crippen LogP contribution in [-0.4, -0.2) is 61.5 Å². The number of piperidine rings is 1. The first-order chi connectivity index (χ1) is 15.6. The first-order valence-corrected chi connectivity index (χ1v) is 11.0. The summed E-state index contributed by atoms with van der Waals surface area (Å²) in [5.41, 5.74) is 1.17. The number of carbonyl (C=O) groups is 3. The lowest BCUT2D eigenvalue weighted by molar-refractivity contribution is -0.139. The molecule has 1 saturated heterocycles. The normalized spacial score (nSPS) is 20.1. The van der Waals surface area contributed by atoms with Gasteiger partial charge in [0.2, 0.25) is 5.91 Å². The molecule has 8 nitrogen and oxygen atoms in total. The van der Waals surface area contributed by atoms with Crippen LogP contribution in [-0.2, 0) is 14.4 Å². The van der Waals surface area contributed by atoms with Crippen molar-refractivity contribution in [1.82, 2.24) is 4.90 Å². The zero-order valence-electron chi connectivity index (χ0n) is 17.7. The third-order valence-electron chi connectivity index (χ3n) is 6.12. The zero-order chi connectivity index (χ0) is 22.1. The summed E-state index contributed by atoms with van der Waals surface area (Å²) in [4.78, 5) is 43.9. The Labute approximate surface area is 186 Å². The quantitative estimate of drug-likeness (QED) is 0.739. The molecule has 3 heterocycles. The van der Waals surface area contributed by atoms with Crippen molar-refractivity contribution in [3.05, 3.63) is 48.5 Å². The maximum atomic E-state index is 13.4. The summed E-state index contributed by atoms with van der Waals surface area (Å²) in [7, 11) is 0. The number of hydrogen-bond acceptors (Lipinski definition) is 5. The molecule has 2 aromatic carbocycles. The highest BCUT2D eigenvalue weighted by molar-refractivity contribution is 6.06. The van der Waals surface area contributed by atoms with Gasteiger partial charge in [0.05, 0.1) is 17.9 Å². The van der Waals surface area contributed by atoms with Gasteiger partial charge in [0.25, 0.3) is 11.8 Å². The van der Waals surface area contributed by atoms with E-state index in [4.69, 9.17) is 9.47 Å². The summed E-state index contributed by atoms with van der Waals surface area (Å²) in [6.07, 6.45) is 2.32. The summed E-state index contributed by atoms with van der Waals surface area (Å²) in [6, 6.07) is 14.4. The van der Waals surface area contributed by atoms with Gasteiger partial charge in [-0.15, -0.1) is 0 Å². The molecule has 166 valence electrons. The van der Waals surface area contributed by atoms with E-state index < -0.39 is 6.10 Å². The number of likely N-dealkylation sites (tertiary alicyclic amines) is 1. The lowest BCUT2D eigenvalue weighted by atomic mass is 10.1. The van der Waals surface area contributed by atoms with Gasteiger partial charge in [0, 0.05) is 13.1 Å². The fourth-order valence-electron chi connectivity index (χ4n) is 4.47. The average molecular weight is 435 g/mol. The van der Waals surface area contributed by atoms with Crippen molar-refractivity contribution in [3.63, 3.8) is 0 Å². The molecule has 2 aromatic rings. The largest absolute Gasteiger partial charge is 0.482 e. The van der Waals surface area contributed by atoms with Crippen molar-refractivity contribution in [1.29, 1.82) is 0 Å². The highest BCUT2D eigenvalue weighted by atomic mass is 16.5. The molecule has 0 spiro atoms. The van der Waals surface area contributed by atoms with Gasteiger partial charge in [0.15, 0.2) is 12.7 Å². The number of anilines is 2. The molecule has 8 heteroatoms. The maximum Gasteiger partial charge on any atom is 0.265 e. The molecule has 0 radical (unpaired) electrons. The third kappa shape index (κ3) is 3.77. The molecule has 32 heavy (non-hydrogen) atoms. The van der Waals surface area contributed by atoms with E-state index in [0.29, 0.717) is 36.0 Å². The highest BCUT2D eigenvalue weighted by Gasteiger charge is 2.37. The predicted molar refractivity (Wildman–Crippen MR) is 118 cm³/mol. The van der Waals surface area contributed by atoms with E-state index in [1.54, 1.807) is 35.2 Å². The lowest BCUT2D eigenvalue weighted by Gasteiger charge is -2.38. The van der Waals surface area contributed by atoms with Crippen molar-refractivity contribution in [2.75, 3.05) is 42.6 Å². The van der Waals surface area contributed by atoms with Gasteiger partial charge in [-0.25, -0.2) is 0 Å². The lowest BCUT2D eigenvalue weighted by Crippen LogP contribution is -2.55. The molecular weight excluding hydrogens is 410 g/mol. The minimum Gasteiger partial charge on any atom is -0.482 e. The monoisotopic (exact) mass is 435 g/mol. The molecule has 1 atom stereocenters. The van der Waals surface area contributed by atoms with Gasteiger partial charge in [-0.2, -0.15) is 0 Å². The number of fused-ring (bicyclic) bond motifs is 2. The van der Waals surface area contributed by atoms with Crippen molar-refractivity contribution >= 4 is 29.1 Å². The maximum absolute atomic E-state index is 13.4. The molecule has 1 fully saturated rings. The smallest absolute Gasteiger partial charge is 0.265 e. The van der Waals surface area contributed by atoms with E-state index in [9.17, 15) is 14.4 Å². The predicted octanol–water partition coefficient (Wildman–Crippen LogP) is 2.22. The number of ether oxygens (including phenoxy) is 2. The number of nitrogens with zero attached hydrogens (tertiary/aromatic N) is 3. The molecule has 3 amide bonds. The Morgan fingerprint density at radius 1 is 0.906 bits per heavy atom. The number of para-hydroxylation sites is 4. The standard InChI is InChI=1S/C24H25N3O5/c28-22(15-27-17-8-2-4-10-19(17)31-16-23(27)29)26-14-21(24(30)25-12-6-1-7-13-25)32-20-11-5-3-9-18(20)26/h2-5,8-11,21H,1,6-7,12-16H2/t21-/m0/s1. The number of rotatable bonds is 3. The number of benzene rings is 2. The fraction of sp³-hybridized carbons (Fsp3) is 0.375. The summed E-state index contributed by atoms with van der Waals surface area (Å²) < 4.78 is 11.5. The highest BCUT2D eigenvalue weighted by Crippen LogP contribution is 2.35. The van der Waals surface area contributed by atoms with Crippen LogP contribution in [0.1, 0.15) is 19.3 Å². The zero-order valence-corrected chi connectivity index (χ0v) is 17.7. The van der Waals surface area contributed by atoms with Crippen LogP contribution in [0.4, 0.5) is 11.4 Å². The van der Waals surface area contributed by atoms with Gasteiger partial charge in [-0.3, -0.25) is 19.3 Å². The molecule has 0 aromatic heterocycles. The van der Waals surface area contributed by atoms with Crippen LogP contribution in [0.5, 0.6) is 11.5 Å². The van der Waals surface area contributed by atoms with Crippen LogP contribution < -0.4 is 19.3 Å². The van der Waals surface area contributed by atoms with Crippen molar-refractivity contribution in [2.24, 2.45) is 0 Å². The first-order valence-electron chi connectivity index (χ1n) is 11.0. The number of amides is 3. The van der Waals surface area contributed by atoms with Crippen LogP contribution in [0.25, 0.3) is 0 Å². The Bertz CT molecular complexity index is 1050. The van der Waals surface area contributed by atoms with E-state index in [1.807, 2.05) is 23.1 Å². The minimum absolute atomic E-state index is 0.0928. The van der Waals surface area contributed by atoms with Gasteiger partial charge < -0.3 is 19.3 Å². The average Bonchev–Trinajstić information content (AvgIpc) is 2.85. The molecule has 0 aliphatic carbocycles. The van der Waals surface area contributed by atoms with E-state index in [-0.39, 0.29) is 37.4 Å². The van der Waals surface area contributed by atoms with E-state index >= 15 is 0 Å². The van der Waals surface area contributed by atoms with Crippen LogP contribution in [0.15, 0.2) is 48.5 Å². The molecule has 5 rings (SSSR count). The summed E-state index contributed by atoms with van der Waals surface area (Å²) in [6.45, 7) is 1.30. The Balaban J connectivity index is 1.40. The van der Waals surface area contributed by atoms with Gasteiger partial charge >= 0.3 is 0 Å². The molecule has 0 bridgehead atoms. The van der Waals surface area contributed by atoms with Crippen molar-refractivity contribution in [2.45, 2.75) is 25.4 Å². The topological polar surface area (TPSA) is 79.4 Å². The van der Waals surface area contributed by atoms with Gasteiger partial charge in [-0.1, -0.05) is 24.3 Å². The molecule has 3 aliphatic heterocycles. The van der Waals surface area contributed by atoms with Crippen molar-refractivity contribution in [3.8, 4) is 11.5 Å². The van der Waals surface area contributed by atoms with Crippen LogP contribution in [0.2, 0.25) is 0 Å². The summed E-state index contributed by atoms with van der Waals surface area (Å²) >= 11 is 0. The Morgan fingerprint density at radius 2 is 1.59 bits per heavy atom. The van der Waals surface area contributed by atoms with E-state index in [1.165, 1.54) is 4.90 Å². The Morgan fingerprint density at radius 3 is 2.38 bits per heavy atom. The molecule has 0 saturated carbocycles. The Hall–Kier alpha value is -3.55. The third-order valence-corrected chi connectivity index (χ3v) is 6.12. The molecule has 0 N–H and O–H groups in total. The molecule has 0 unspecified atom stereocenters. The number of carbonyl (C=O) groups excluding carboxylic acids is 3. The van der Waals surface area contributed by atoms with Crippen LogP contribution in [0.3, 0.4) is 0 Å². The van der Waals surface area contributed by atoms with E-state index in [0.717, 1.165) is 19.3 Å². The van der Waals surface area contributed by atoms with Crippen molar-refractivity contribution < 1.29 is 23.9 Å². The minimum atomic E-state index is -0.764. The second-order valence-electron chi connectivity index (χ2n) is 8.20. The van der Waals surface area contributed by atoms with Gasteiger partial charge in [-0.05, 0) is 43.5 Å². The second-order valence-corrected chi connectivity index (χ2v) is 8.20. The fourth-order valence-corrected chi connectivity index (χ4v) is 4.47. The van der Waals surface area contributed by atoms with Gasteiger partial charge in [0.1, 0.15) is 18.0 Å². The van der Waals surface area contributed by atoms with Crippen LogP contribution >= 0.6 is 0 Å². The first kappa shape index (κ1) is 20.4. The summed E-state index contributed by atoms with van der Waals surface area (Å²) in [5, 5.41) is 0. The molecular formula is C24H25N3O5.